The lowest BCUT2D eigenvalue weighted by molar-refractivity contribution is 0.660. The van der Waals surface area contributed by atoms with E-state index in [1.54, 1.807) is 0 Å². The molecule has 0 saturated carbocycles. The van der Waals surface area contributed by atoms with Crippen molar-refractivity contribution in [3.63, 3.8) is 0 Å². The highest BCUT2D eigenvalue weighted by molar-refractivity contribution is 6.13. The predicted molar refractivity (Wildman–Crippen MR) is 212 cm³/mol. The van der Waals surface area contributed by atoms with Crippen LogP contribution in [0, 0.1) is 0 Å². The lowest BCUT2D eigenvalue weighted by Crippen LogP contribution is -2.14. The van der Waals surface area contributed by atoms with Crippen molar-refractivity contribution in [1.82, 2.24) is 15.0 Å². The summed E-state index contributed by atoms with van der Waals surface area (Å²) in [4.78, 5) is 15.4. The van der Waals surface area contributed by atoms with E-state index in [1.807, 2.05) is 30.3 Å². The molecule has 0 N–H and O–H groups in total. The first-order valence-corrected chi connectivity index (χ1v) is 17.7. The van der Waals surface area contributed by atoms with Crippen LogP contribution in [0.4, 0.5) is 0 Å². The van der Waals surface area contributed by atoms with Crippen molar-refractivity contribution in [2.75, 3.05) is 0 Å². The number of hydrogen-bond donors (Lipinski definition) is 0. The molecule has 0 unspecified atom stereocenters. The van der Waals surface area contributed by atoms with Crippen molar-refractivity contribution < 1.29 is 4.42 Å². The molecule has 246 valence electrons. The van der Waals surface area contributed by atoms with Crippen molar-refractivity contribution in [3.05, 3.63) is 175 Å². The van der Waals surface area contributed by atoms with Crippen LogP contribution in [0.25, 0.3) is 89.5 Å². The van der Waals surface area contributed by atoms with E-state index in [1.165, 1.54) is 33.4 Å². The first kappa shape index (κ1) is 30.2. The number of benzene rings is 7. The summed E-state index contributed by atoms with van der Waals surface area (Å²) in [6.07, 6.45) is 0. The summed E-state index contributed by atoms with van der Waals surface area (Å²) in [5.41, 5.74) is 14.0. The first-order valence-electron chi connectivity index (χ1n) is 17.7. The molecule has 0 aliphatic heterocycles. The molecule has 0 bridgehead atoms. The van der Waals surface area contributed by atoms with Gasteiger partial charge in [-0.25, -0.2) is 15.0 Å². The highest BCUT2D eigenvalue weighted by Crippen LogP contribution is 2.51. The zero-order chi connectivity index (χ0) is 34.8. The molecule has 0 saturated heterocycles. The van der Waals surface area contributed by atoms with Gasteiger partial charge in [-0.1, -0.05) is 153 Å². The Labute approximate surface area is 302 Å². The summed E-state index contributed by atoms with van der Waals surface area (Å²) in [5.74, 6) is 1.94. The Hall–Kier alpha value is -6.65. The average molecular weight is 668 g/mol. The van der Waals surface area contributed by atoms with E-state index < -0.39 is 0 Å². The molecule has 1 aliphatic rings. The van der Waals surface area contributed by atoms with Gasteiger partial charge in [0.05, 0.1) is 0 Å². The maximum absolute atomic E-state index is 6.46. The van der Waals surface area contributed by atoms with Gasteiger partial charge in [0.1, 0.15) is 11.2 Å². The Morgan fingerprint density at radius 1 is 0.404 bits per heavy atom. The number of hydrogen-bond acceptors (Lipinski definition) is 4. The van der Waals surface area contributed by atoms with Crippen molar-refractivity contribution in [2.24, 2.45) is 0 Å². The molecule has 9 aromatic rings. The Morgan fingerprint density at radius 2 is 0.981 bits per heavy atom. The van der Waals surface area contributed by atoms with Gasteiger partial charge in [-0.3, -0.25) is 0 Å². The SMILES string of the molecule is CC1(C)c2ccccc2-c2c(-c3nc(-c4ccccc4)nc(-c4cccc(-c5ccc6c(c5)oc5cccc(-c7ccccc7)c56)c4)n3)cccc21. The second kappa shape index (κ2) is 11.7. The molecule has 52 heavy (non-hydrogen) atoms. The maximum Gasteiger partial charge on any atom is 0.164 e. The number of nitrogens with zero attached hydrogens (tertiary/aromatic N) is 3. The second-order valence-electron chi connectivity index (χ2n) is 14.0. The highest BCUT2D eigenvalue weighted by atomic mass is 16.3. The Morgan fingerprint density at radius 3 is 1.81 bits per heavy atom. The van der Waals surface area contributed by atoms with Crippen LogP contribution < -0.4 is 0 Å². The van der Waals surface area contributed by atoms with Gasteiger partial charge in [0, 0.05) is 32.9 Å². The number of rotatable bonds is 5. The minimum absolute atomic E-state index is 0.127. The molecule has 2 heterocycles. The number of fused-ring (bicyclic) bond motifs is 6. The standard InChI is InChI=1S/C48H33N3O/c1-48(2)39-23-10-9-20-36(39)43-38(22-12-24-40(43)48)47-50-45(31-16-7-4-8-17-31)49-46(51-47)34-19-11-18-32(28-34)33-26-27-37-42(29-33)52-41-25-13-21-35(44(37)41)30-14-5-3-6-15-30/h3-29H,1-2H3. The van der Waals surface area contributed by atoms with Crippen LogP contribution in [0.1, 0.15) is 25.0 Å². The topological polar surface area (TPSA) is 51.8 Å². The van der Waals surface area contributed by atoms with E-state index >= 15 is 0 Å². The average Bonchev–Trinajstić information content (AvgIpc) is 3.70. The largest absolute Gasteiger partial charge is 0.456 e. The predicted octanol–water partition coefficient (Wildman–Crippen LogP) is 12.4. The van der Waals surface area contributed by atoms with Crippen LogP contribution >= 0.6 is 0 Å². The molecule has 0 radical (unpaired) electrons. The zero-order valence-corrected chi connectivity index (χ0v) is 28.8. The summed E-state index contributed by atoms with van der Waals surface area (Å²) >= 11 is 0. The Bertz CT molecular complexity index is 2820. The summed E-state index contributed by atoms with van der Waals surface area (Å²) in [5, 5.41) is 2.23. The van der Waals surface area contributed by atoms with Gasteiger partial charge in [0.2, 0.25) is 0 Å². The van der Waals surface area contributed by atoms with Gasteiger partial charge in [-0.05, 0) is 68.8 Å². The highest BCUT2D eigenvalue weighted by Gasteiger charge is 2.37. The fourth-order valence-corrected chi connectivity index (χ4v) is 7.98. The van der Waals surface area contributed by atoms with Gasteiger partial charge >= 0.3 is 0 Å². The van der Waals surface area contributed by atoms with Crippen molar-refractivity contribution in [2.45, 2.75) is 19.3 Å². The van der Waals surface area contributed by atoms with E-state index in [0.29, 0.717) is 17.5 Å². The fourth-order valence-electron chi connectivity index (χ4n) is 7.98. The molecule has 4 heteroatoms. The summed E-state index contributed by atoms with van der Waals surface area (Å²) in [6, 6.07) is 57.1. The zero-order valence-electron chi connectivity index (χ0n) is 28.8. The Balaban J connectivity index is 1.11. The lowest BCUT2D eigenvalue weighted by atomic mass is 9.82. The third-order valence-corrected chi connectivity index (χ3v) is 10.6. The van der Waals surface area contributed by atoms with Crippen LogP contribution in [0.2, 0.25) is 0 Å². The van der Waals surface area contributed by atoms with E-state index in [0.717, 1.165) is 49.8 Å². The Kier molecular flexibility index (Phi) is 6.80. The van der Waals surface area contributed by atoms with Crippen LogP contribution in [0.15, 0.2) is 168 Å². The fraction of sp³-hybridized carbons (Fsp3) is 0.0625. The molecular weight excluding hydrogens is 635 g/mol. The third kappa shape index (κ3) is 4.79. The monoisotopic (exact) mass is 667 g/mol. The van der Waals surface area contributed by atoms with E-state index in [2.05, 4.69) is 147 Å². The van der Waals surface area contributed by atoms with Crippen LogP contribution in [0.5, 0.6) is 0 Å². The molecule has 1 aliphatic carbocycles. The van der Waals surface area contributed by atoms with Crippen LogP contribution in [0.3, 0.4) is 0 Å². The molecule has 4 nitrogen and oxygen atoms in total. The van der Waals surface area contributed by atoms with Crippen molar-refractivity contribution in [3.8, 4) is 67.5 Å². The quantitative estimate of drug-likeness (QED) is 0.183. The normalized spacial score (nSPS) is 13.0. The first-order chi connectivity index (χ1) is 25.5. The van der Waals surface area contributed by atoms with E-state index in [9.17, 15) is 0 Å². The van der Waals surface area contributed by atoms with Gasteiger partial charge in [-0.2, -0.15) is 0 Å². The molecule has 2 aromatic heterocycles. The van der Waals surface area contributed by atoms with Crippen molar-refractivity contribution in [1.29, 1.82) is 0 Å². The van der Waals surface area contributed by atoms with Crippen LogP contribution in [-0.4, -0.2) is 15.0 Å². The number of furan rings is 1. The van der Waals surface area contributed by atoms with E-state index in [4.69, 9.17) is 19.4 Å². The lowest BCUT2D eigenvalue weighted by Gasteiger charge is -2.21. The molecule has 7 aromatic carbocycles. The molecule has 0 amide bonds. The van der Waals surface area contributed by atoms with Gasteiger partial charge in [0.25, 0.3) is 0 Å². The molecule has 0 spiro atoms. The van der Waals surface area contributed by atoms with Crippen molar-refractivity contribution >= 4 is 21.9 Å². The second-order valence-corrected chi connectivity index (χ2v) is 14.0. The van der Waals surface area contributed by atoms with Gasteiger partial charge in [-0.15, -0.1) is 0 Å². The summed E-state index contributed by atoms with van der Waals surface area (Å²) in [6.45, 7) is 4.60. The summed E-state index contributed by atoms with van der Waals surface area (Å²) in [7, 11) is 0. The van der Waals surface area contributed by atoms with Gasteiger partial charge in [0.15, 0.2) is 17.5 Å². The van der Waals surface area contributed by atoms with E-state index in [-0.39, 0.29) is 5.41 Å². The molecule has 0 atom stereocenters. The minimum atomic E-state index is -0.127. The third-order valence-electron chi connectivity index (χ3n) is 10.6. The van der Waals surface area contributed by atoms with Gasteiger partial charge < -0.3 is 4.42 Å². The van der Waals surface area contributed by atoms with Crippen LogP contribution in [-0.2, 0) is 5.41 Å². The number of aromatic nitrogens is 3. The maximum atomic E-state index is 6.46. The smallest absolute Gasteiger partial charge is 0.164 e. The molecule has 0 fully saturated rings. The molecular formula is C48H33N3O. The minimum Gasteiger partial charge on any atom is -0.456 e. The summed E-state index contributed by atoms with van der Waals surface area (Å²) < 4.78 is 6.46. The molecule has 10 rings (SSSR count).